The van der Waals surface area contributed by atoms with Gasteiger partial charge in [-0.1, -0.05) is 10.9 Å². The molecule has 1 aromatic heterocycles. The number of rotatable bonds is 3. The van der Waals surface area contributed by atoms with E-state index in [1.165, 1.54) is 18.6 Å². The molecule has 0 N–H and O–H groups in total. The van der Waals surface area contributed by atoms with Crippen LogP contribution in [0.15, 0.2) is 5.38 Å². The molecule has 98 valence electrons. The molecule has 2 heterocycles. The summed E-state index contributed by atoms with van der Waals surface area (Å²) in [5, 5.41) is 6.04. The predicted molar refractivity (Wildman–Crippen MR) is 67.0 cm³/mol. The highest BCUT2D eigenvalue weighted by Gasteiger charge is 2.55. The first-order valence-corrected chi connectivity index (χ1v) is 7.15. The number of hydrogen-bond donors (Lipinski definition) is 0. The zero-order chi connectivity index (χ0) is 12.6. The monoisotopic (exact) mass is 267 g/mol. The SMILES string of the molecule is COC(=O)C12CCCC1CN(Cc1csnn1)C2. The van der Waals surface area contributed by atoms with Crippen molar-refractivity contribution < 1.29 is 9.53 Å². The minimum Gasteiger partial charge on any atom is -0.469 e. The van der Waals surface area contributed by atoms with E-state index in [9.17, 15) is 4.79 Å². The topological polar surface area (TPSA) is 55.3 Å². The fraction of sp³-hybridized carbons (Fsp3) is 0.750. The molecule has 0 radical (unpaired) electrons. The lowest BCUT2D eigenvalue weighted by atomic mass is 9.81. The molecule has 2 unspecified atom stereocenters. The molecule has 1 saturated carbocycles. The summed E-state index contributed by atoms with van der Waals surface area (Å²) >= 11 is 1.37. The molecule has 0 bridgehead atoms. The van der Waals surface area contributed by atoms with Crippen LogP contribution in [0.2, 0.25) is 0 Å². The summed E-state index contributed by atoms with van der Waals surface area (Å²) in [5.74, 6) is 0.431. The summed E-state index contributed by atoms with van der Waals surface area (Å²) in [6, 6.07) is 0. The Morgan fingerprint density at radius 1 is 1.72 bits per heavy atom. The summed E-state index contributed by atoms with van der Waals surface area (Å²) in [7, 11) is 1.50. The van der Waals surface area contributed by atoms with Crippen LogP contribution in [-0.2, 0) is 16.1 Å². The zero-order valence-electron chi connectivity index (χ0n) is 10.5. The van der Waals surface area contributed by atoms with Crippen LogP contribution >= 0.6 is 11.5 Å². The van der Waals surface area contributed by atoms with Gasteiger partial charge in [0.15, 0.2) is 0 Å². The van der Waals surface area contributed by atoms with Crippen molar-refractivity contribution in [2.24, 2.45) is 11.3 Å². The number of hydrogen-bond acceptors (Lipinski definition) is 6. The second-order valence-corrected chi connectivity index (χ2v) is 5.91. The van der Waals surface area contributed by atoms with Crippen molar-refractivity contribution in [3.63, 3.8) is 0 Å². The molecule has 1 aliphatic carbocycles. The molecular formula is C12H17N3O2S. The van der Waals surface area contributed by atoms with Crippen molar-refractivity contribution in [3.05, 3.63) is 11.1 Å². The molecule has 0 spiro atoms. The summed E-state index contributed by atoms with van der Waals surface area (Å²) in [6.45, 7) is 2.58. The van der Waals surface area contributed by atoms with Crippen LogP contribution in [0.5, 0.6) is 0 Å². The molecule has 6 heteroatoms. The number of nitrogens with zero attached hydrogens (tertiary/aromatic N) is 3. The van der Waals surface area contributed by atoms with Gasteiger partial charge >= 0.3 is 5.97 Å². The Labute approximate surface area is 110 Å². The van der Waals surface area contributed by atoms with Gasteiger partial charge in [0.25, 0.3) is 0 Å². The number of fused-ring (bicyclic) bond motifs is 1. The Morgan fingerprint density at radius 3 is 3.33 bits per heavy atom. The minimum atomic E-state index is -0.252. The van der Waals surface area contributed by atoms with Crippen molar-refractivity contribution in [3.8, 4) is 0 Å². The number of aromatic nitrogens is 2. The molecule has 0 amide bonds. The highest BCUT2D eigenvalue weighted by atomic mass is 32.1. The Bertz CT molecular complexity index is 437. The Hall–Kier alpha value is -1.01. The lowest BCUT2D eigenvalue weighted by molar-refractivity contribution is -0.153. The van der Waals surface area contributed by atoms with Crippen molar-refractivity contribution in [1.29, 1.82) is 0 Å². The molecule has 3 rings (SSSR count). The van der Waals surface area contributed by atoms with E-state index in [0.717, 1.165) is 44.6 Å². The van der Waals surface area contributed by atoms with Gasteiger partial charge in [-0.2, -0.15) is 0 Å². The Balaban J connectivity index is 1.74. The van der Waals surface area contributed by atoms with Gasteiger partial charge in [-0.05, 0) is 30.3 Å². The highest BCUT2D eigenvalue weighted by Crippen LogP contribution is 2.49. The Morgan fingerprint density at radius 2 is 2.61 bits per heavy atom. The van der Waals surface area contributed by atoms with E-state index in [1.807, 2.05) is 5.38 Å². The molecule has 2 aliphatic rings. The molecule has 1 saturated heterocycles. The first-order valence-electron chi connectivity index (χ1n) is 6.31. The first-order chi connectivity index (χ1) is 8.74. The molecular weight excluding hydrogens is 250 g/mol. The van der Waals surface area contributed by atoms with Gasteiger partial charge in [-0.25, -0.2) is 0 Å². The fourth-order valence-electron chi connectivity index (χ4n) is 3.53. The zero-order valence-corrected chi connectivity index (χ0v) is 11.3. The predicted octanol–water partition coefficient (Wildman–Crippen LogP) is 1.31. The quantitative estimate of drug-likeness (QED) is 0.773. The van der Waals surface area contributed by atoms with Crippen molar-refractivity contribution in [1.82, 2.24) is 14.5 Å². The van der Waals surface area contributed by atoms with Gasteiger partial charge in [0, 0.05) is 25.0 Å². The third-order valence-electron chi connectivity index (χ3n) is 4.32. The smallest absolute Gasteiger partial charge is 0.313 e. The normalized spacial score (nSPS) is 31.5. The fourth-order valence-corrected chi connectivity index (χ4v) is 3.98. The lowest BCUT2D eigenvalue weighted by Crippen LogP contribution is -2.36. The van der Waals surface area contributed by atoms with E-state index in [4.69, 9.17) is 4.74 Å². The third kappa shape index (κ3) is 1.83. The highest BCUT2D eigenvalue weighted by molar-refractivity contribution is 7.03. The summed E-state index contributed by atoms with van der Waals surface area (Å²) in [5.41, 5.74) is 0.748. The van der Waals surface area contributed by atoms with Crippen LogP contribution in [0.4, 0.5) is 0 Å². The minimum absolute atomic E-state index is 0.0242. The van der Waals surface area contributed by atoms with Crippen LogP contribution in [0.3, 0.4) is 0 Å². The summed E-state index contributed by atoms with van der Waals surface area (Å²) in [6.07, 6.45) is 3.25. The van der Waals surface area contributed by atoms with E-state index in [0.29, 0.717) is 5.92 Å². The first kappa shape index (κ1) is 12.0. The lowest BCUT2D eigenvalue weighted by Gasteiger charge is -2.25. The van der Waals surface area contributed by atoms with E-state index in [2.05, 4.69) is 14.5 Å². The van der Waals surface area contributed by atoms with Crippen LogP contribution in [0, 0.1) is 11.3 Å². The summed E-state index contributed by atoms with van der Waals surface area (Å²) < 4.78 is 8.91. The van der Waals surface area contributed by atoms with Gasteiger partial charge in [-0.3, -0.25) is 9.69 Å². The van der Waals surface area contributed by atoms with Gasteiger partial charge < -0.3 is 4.74 Å². The van der Waals surface area contributed by atoms with Crippen LogP contribution in [0.1, 0.15) is 25.0 Å². The summed E-state index contributed by atoms with van der Waals surface area (Å²) in [4.78, 5) is 14.4. The number of carbonyl (C=O) groups is 1. The van der Waals surface area contributed by atoms with Crippen LogP contribution in [-0.4, -0.2) is 40.7 Å². The maximum absolute atomic E-state index is 12.1. The number of methoxy groups -OCH3 is 1. The molecule has 2 atom stereocenters. The molecule has 18 heavy (non-hydrogen) atoms. The number of esters is 1. The average molecular weight is 267 g/mol. The van der Waals surface area contributed by atoms with Gasteiger partial charge in [0.1, 0.15) is 0 Å². The maximum Gasteiger partial charge on any atom is 0.313 e. The number of carbonyl (C=O) groups excluding carboxylic acids is 1. The maximum atomic E-state index is 12.1. The second kappa shape index (κ2) is 4.59. The van der Waals surface area contributed by atoms with E-state index in [1.54, 1.807) is 0 Å². The van der Waals surface area contributed by atoms with Crippen molar-refractivity contribution in [2.45, 2.75) is 25.8 Å². The van der Waals surface area contributed by atoms with Gasteiger partial charge in [0.05, 0.1) is 18.2 Å². The Kier molecular flexibility index (Phi) is 3.07. The number of ether oxygens (including phenoxy) is 1. The van der Waals surface area contributed by atoms with Crippen molar-refractivity contribution in [2.75, 3.05) is 20.2 Å². The van der Waals surface area contributed by atoms with Gasteiger partial charge in [-0.15, -0.1) is 5.10 Å². The molecule has 0 aromatic carbocycles. The van der Waals surface area contributed by atoms with Gasteiger partial charge in [0.2, 0.25) is 0 Å². The average Bonchev–Trinajstić information content (AvgIpc) is 3.03. The molecule has 5 nitrogen and oxygen atoms in total. The molecule has 1 aliphatic heterocycles. The van der Waals surface area contributed by atoms with E-state index < -0.39 is 0 Å². The number of likely N-dealkylation sites (tertiary alicyclic amines) is 1. The second-order valence-electron chi connectivity index (χ2n) is 5.30. The van der Waals surface area contributed by atoms with Crippen LogP contribution < -0.4 is 0 Å². The largest absolute Gasteiger partial charge is 0.469 e. The van der Waals surface area contributed by atoms with Crippen molar-refractivity contribution >= 4 is 17.5 Å². The van der Waals surface area contributed by atoms with E-state index in [-0.39, 0.29) is 11.4 Å². The van der Waals surface area contributed by atoms with E-state index >= 15 is 0 Å². The molecule has 1 aromatic rings. The molecule has 2 fully saturated rings. The standard InChI is InChI=1S/C12H17N3O2S/c1-17-11(16)12-4-2-3-9(12)5-15(8-12)6-10-7-18-14-13-10/h7,9H,2-6,8H2,1H3. The van der Waals surface area contributed by atoms with Crippen LogP contribution in [0.25, 0.3) is 0 Å². The third-order valence-corrected chi connectivity index (χ3v) is 4.88.